The van der Waals surface area contributed by atoms with E-state index in [0.717, 1.165) is 11.1 Å². The average Bonchev–Trinajstić information content (AvgIpc) is 3.04. The summed E-state index contributed by atoms with van der Waals surface area (Å²) in [5, 5.41) is 9.00. The predicted molar refractivity (Wildman–Crippen MR) is 123 cm³/mol. The van der Waals surface area contributed by atoms with Gasteiger partial charge in [0.2, 0.25) is 11.0 Å². The molecule has 1 amide bonds. The summed E-state index contributed by atoms with van der Waals surface area (Å²) in [4.78, 5) is 16.1. The first kappa shape index (κ1) is 21.0. The SMILES string of the molecule is CC(=O)Nc1sc(N/N=C\c2ccc(C(C)(C)C)cc2)nc1-c1ccc(Cl)cc1. The minimum absolute atomic E-state index is 0.118. The van der Waals surface area contributed by atoms with Gasteiger partial charge in [-0.2, -0.15) is 5.10 Å². The lowest BCUT2D eigenvalue weighted by molar-refractivity contribution is -0.114. The van der Waals surface area contributed by atoms with E-state index in [-0.39, 0.29) is 11.3 Å². The van der Waals surface area contributed by atoms with Crippen molar-refractivity contribution in [2.45, 2.75) is 33.1 Å². The monoisotopic (exact) mass is 426 g/mol. The van der Waals surface area contributed by atoms with Gasteiger partial charge in [-0.3, -0.25) is 10.2 Å². The number of hydrazone groups is 1. The molecule has 0 radical (unpaired) electrons. The second kappa shape index (κ2) is 8.76. The van der Waals surface area contributed by atoms with Crippen LogP contribution in [0, 0.1) is 0 Å². The molecular weight excluding hydrogens is 404 g/mol. The number of thiazole rings is 1. The fraction of sp³-hybridized carbons (Fsp3) is 0.227. The molecule has 29 heavy (non-hydrogen) atoms. The van der Waals surface area contributed by atoms with Crippen molar-refractivity contribution in [2.75, 3.05) is 10.7 Å². The normalized spacial score (nSPS) is 11.6. The Kier molecular flexibility index (Phi) is 6.35. The van der Waals surface area contributed by atoms with Crippen LogP contribution in [0.4, 0.5) is 10.1 Å². The van der Waals surface area contributed by atoms with Crippen LogP contribution >= 0.6 is 22.9 Å². The van der Waals surface area contributed by atoms with E-state index in [0.29, 0.717) is 20.8 Å². The number of aromatic nitrogens is 1. The van der Waals surface area contributed by atoms with Gasteiger partial charge in [0.25, 0.3) is 0 Å². The molecule has 0 unspecified atom stereocenters. The first-order valence-electron chi connectivity index (χ1n) is 9.16. The molecule has 0 aliphatic heterocycles. The number of amides is 1. The molecule has 0 bridgehead atoms. The average molecular weight is 427 g/mol. The molecule has 1 aromatic heterocycles. The molecule has 0 aliphatic carbocycles. The van der Waals surface area contributed by atoms with E-state index in [2.05, 4.69) is 53.7 Å². The molecule has 0 saturated heterocycles. The summed E-state index contributed by atoms with van der Waals surface area (Å²) in [5.74, 6) is -0.155. The molecular formula is C22H23ClN4OS. The van der Waals surface area contributed by atoms with Crippen LogP contribution in [0.15, 0.2) is 53.6 Å². The Balaban J connectivity index is 1.77. The predicted octanol–water partition coefficient (Wildman–Crippen LogP) is 6.17. The number of hydrogen-bond donors (Lipinski definition) is 2. The first-order valence-corrected chi connectivity index (χ1v) is 10.4. The Hall–Kier alpha value is -2.70. The van der Waals surface area contributed by atoms with Gasteiger partial charge in [-0.05, 0) is 28.7 Å². The van der Waals surface area contributed by atoms with E-state index >= 15 is 0 Å². The largest absolute Gasteiger partial charge is 0.316 e. The van der Waals surface area contributed by atoms with E-state index in [1.807, 2.05) is 24.3 Å². The third-order valence-corrected chi connectivity index (χ3v) is 5.31. The van der Waals surface area contributed by atoms with Crippen LogP contribution in [0.1, 0.15) is 38.8 Å². The number of carbonyl (C=O) groups is 1. The summed E-state index contributed by atoms with van der Waals surface area (Å²) in [7, 11) is 0. The number of nitrogens with one attached hydrogen (secondary N) is 2. The molecule has 5 nitrogen and oxygen atoms in total. The molecule has 0 aliphatic rings. The summed E-state index contributed by atoms with van der Waals surface area (Å²) >= 11 is 7.30. The van der Waals surface area contributed by atoms with Gasteiger partial charge in [-0.15, -0.1) is 0 Å². The fourth-order valence-electron chi connectivity index (χ4n) is 2.65. The summed E-state index contributed by atoms with van der Waals surface area (Å²) in [6.07, 6.45) is 1.74. The standard InChI is InChI=1S/C22H23ClN4OS/c1-14(28)25-20-19(16-7-11-18(23)12-8-16)26-21(29-20)27-24-13-15-5-9-17(10-6-15)22(2,3)4/h5-13H,1-4H3,(H,25,28)(H,26,27)/b24-13-. The van der Waals surface area contributed by atoms with Crippen molar-refractivity contribution in [3.8, 4) is 11.3 Å². The van der Waals surface area contributed by atoms with Crippen molar-refractivity contribution in [1.82, 2.24) is 4.98 Å². The second-order valence-electron chi connectivity index (χ2n) is 7.63. The topological polar surface area (TPSA) is 66.4 Å². The van der Waals surface area contributed by atoms with E-state index in [9.17, 15) is 4.79 Å². The highest BCUT2D eigenvalue weighted by Gasteiger charge is 2.14. The molecule has 0 saturated carbocycles. The highest BCUT2D eigenvalue weighted by Crippen LogP contribution is 2.36. The van der Waals surface area contributed by atoms with Crippen molar-refractivity contribution < 1.29 is 4.79 Å². The van der Waals surface area contributed by atoms with Crippen LogP contribution in [-0.4, -0.2) is 17.1 Å². The maximum absolute atomic E-state index is 11.6. The molecule has 3 rings (SSSR count). The quantitative estimate of drug-likeness (QED) is 0.379. The van der Waals surface area contributed by atoms with Gasteiger partial charge in [0.15, 0.2) is 0 Å². The van der Waals surface area contributed by atoms with Gasteiger partial charge >= 0.3 is 0 Å². The van der Waals surface area contributed by atoms with Crippen molar-refractivity contribution in [1.29, 1.82) is 0 Å². The molecule has 0 fully saturated rings. The van der Waals surface area contributed by atoms with Crippen LogP contribution in [0.25, 0.3) is 11.3 Å². The Morgan fingerprint density at radius 1 is 1.10 bits per heavy atom. The smallest absolute Gasteiger partial charge is 0.221 e. The third kappa shape index (κ3) is 5.65. The van der Waals surface area contributed by atoms with Crippen molar-refractivity contribution in [2.24, 2.45) is 5.10 Å². The maximum atomic E-state index is 11.6. The van der Waals surface area contributed by atoms with Crippen LogP contribution in [0.3, 0.4) is 0 Å². The summed E-state index contributed by atoms with van der Waals surface area (Å²) in [5.41, 5.74) is 6.87. The van der Waals surface area contributed by atoms with Crippen LogP contribution in [0.5, 0.6) is 0 Å². The molecule has 150 valence electrons. The highest BCUT2D eigenvalue weighted by atomic mass is 35.5. The third-order valence-electron chi connectivity index (χ3n) is 4.18. The maximum Gasteiger partial charge on any atom is 0.221 e. The Morgan fingerprint density at radius 3 is 2.34 bits per heavy atom. The minimum atomic E-state index is -0.155. The summed E-state index contributed by atoms with van der Waals surface area (Å²) in [6.45, 7) is 8.03. The number of hydrogen-bond acceptors (Lipinski definition) is 5. The number of benzene rings is 2. The zero-order valence-electron chi connectivity index (χ0n) is 16.8. The number of anilines is 2. The first-order chi connectivity index (χ1) is 13.7. The zero-order valence-corrected chi connectivity index (χ0v) is 18.4. The van der Waals surface area contributed by atoms with Gasteiger partial charge in [0.05, 0.1) is 6.21 Å². The Labute approximate surface area is 179 Å². The molecule has 3 aromatic rings. The molecule has 1 heterocycles. The van der Waals surface area contributed by atoms with Crippen molar-refractivity contribution in [3.63, 3.8) is 0 Å². The van der Waals surface area contributed by atoms with E-state index in [1.165, 1.54) is 23.8 Å². The summed E-state index contributed by atoms with van der Waals surface area (Å²) in [6, 6.07) is 15.6. The van der Waals surface area contributed by atoms with Gasteiger partial charge in [0.1, 0.15) is 10.7 Å². The second-order valence-corrected chi connectivity index (χ2v) is 9.06. The van der Waals surface area contributed by atoms with E-state index < -0.39 is 0 Å². The van der Waals surface area contributed by atoms with E-state index in [1.54, 1.807) is 18.3 Å². The molecule has 7 heteroatoms. The zero-order chi connectivity index (χ0) is 21.0. The highest BCUT2D eigenvalue weighted by molar-refractivity contribution is 7.20. The number of rotatable bonds is 5. The van der Waals surface area contributed by atoms with Crippen molar-refractivity contribution in [3.05, 3.63) is 64.7 Å². The summed E-state index contributed by atoms with van der Waals surface area (Å²) < 4.78 is 0. The van der Waals surface area contributed by atoms with Gasteiger partial charge in [-0.25, -0.2) is 4.98 Å². The minimum Gasteiger partial charge on any atom is -0.316 e. The number of halogens is 1. The Morgan fingerprint density at radius 2 is 1.76 bits per heavy atom. The molecule has 2 N–H and O–H groups in total. The van der Waals surface area contributed by atoms with Gasteiger partial charge < -0.3 is 5.32 Å². The van der Waals surface area contributed by atoms with Gasteiger partial charge in [0, 0.05) is 17.5 Å². The number of nitrogens with zero attached hydrogens (tertiary/aromatic N) is 2. The van der Waals surface area contributed by atoms with Crippen LogP contribution in [-0.2, 0) is 10.2 Å². The van der Waals surface area contributed by atoms with Crippen LogP contribution in [0.2, 0.25) is 5.02 Å². The van der Waals surface area contributed by atoms with E-state index in [4.69, 9.17) is 11.6 Å². The molecule has 0 spiro atoms. The molecule has 0 atom stereocenters. The lowest BCUT2D eigenvalue weighted by Crippen LogP contribution is -2.10. The lowest BCUT2D eigenvalue weighted by atomic mass is 9.87. The molecule has 2 aromatic carbocycles. The fourth-order valence-corrected chi connectivity index (χ4v) is 3.66. The van der Waals surface area contributed by atoms with Crippen molar-refractivity contribution >= 4 is 45.2 Å². The van der Waals surface area contributed by atoms with Crippen LogP contribution < -0.4 is 10.7 Å². The van der Waals surface area contributed by atoms with Gasteiger partial charge in [-0.1, -0.05) is 80.1 Å². The number of carbonyl (C=O) groups excluding carboxylic acids is 1. The Bertz CT molecular complexity index is 1020. The lowest BCUT2D eigenvalue weighted by Gasteiger charge is -2.18.